The summed E-state index contributed by atoms with van der Waals surface area (Å²) < 4.78 is 42.4. The third-order valence-electron chi connectivity index (χ3n) is 6.79. The predicted molar refractivity (Wildman–Crippen MR) is 156 cm³/mol. The first-order valence-corrected chi connectivity index (χ1v) is 13.7. The van der Waals surface area contributed by atoms with Gasteiger partial charge in [0, 0.05) is 5.69 Å². The molecule has 1 aliphatic rings. The van der Waals surface area contributed by atoms with Crippen LogP contribution in [-0.4, -0.2) is 31.3 Å². The first-order valence-electron chi connectivity index (χ1n) is 12.9. The number of methoxy groups -OCH3 is 2. The lowest BCUT2D eigenvalue weighted by Crippen LogP contribution is -2.40. The zero-order valence-corrected chi connectivity index (χ0v) is 24.0. The zero-order valence-electron chi connectivity index (χ0n) is 23.2. The smallest absolute Gasteiger partial charge is 0.387 e. The van der Waals surface area contributed by atoms with Gasteiger partial charge in [0.25, 0.3) is 11.5 Å². The molecule has 1 aliphatic heterocycles. The van der Waals surface area contributed by atoms with E-state index in [1.165, 1.54) is 23.8 Å². The van der Waals surface area contributed by atoms with E-state index in [2.05, 4.69) is 15.0 Å². The summed E-state index contributed by atoms with van der Waals surface area (Å²) >= 11 is 1.16. The molecule has 1 aromatic heterocycles. The van der Waals surface area contributed by atoms with Crippen molar-refractivity contribution in [1.29, 1.82) is 0 Å². The van der Waals surface area contributed by atoms with Crippen LogP contribution in [0.5, 0.6) is 17.2 Å². The van der Waals surface area contributed by atoms with Crippen molar-refractivity contribution < 1.29 is 27.8 Å². The van der Waals surface area contributed by atoms with Gasteiger partial charge in [0.15, 0.2) is 16.3 Å². The number of benzene rings is 3. The number of thiazole rings is 1. The molecule has 2 heterocycles. The van der Waals surface area contributed by atoms with Gasteiger partial charge in [0.05, 0.1) is 36.1 Å². The second kappa shape index (κ2) is 12.0. The number of allylic oxidation sites excluding steroid dienone is 1. The number of alkyl halides is 2. The van der Waals surface area contributed by atoms with Crippen LogP contribution in [0.2, 0.25) is 0 Å². The van der Waals surface area contributed by atoms with E-state index in [9.17, 15) is 18.4 Å². The van der Waals surface area contributed by atoms with Gasteiger partial charge in [-0.25, -0.2) is 4.99 Å². The molecule has 3 aromatic carbocycles. The van der Waals surface area contributed by atoms with Gasteiger partial charge in [-0.15, -0.1) is 0 Å². The number of aryl methyl sites for hydroxylation is 1. The molecule has 8 nitrogen and oxygen atoms in total. The van der Waals surface area contributed by atoms with Crippen molar-refractivity contribution in [2.24, 2.45) is 4.99 Å². The molecule has 1 N–H and O–H groups in total. The second-order valence-corrected chi connectivity index (χ2v) is 10.4. The molecule has 0 saturated carbocycles. The first kappa shape index (κ1) is 28.7. The topological polar surface area (TPSA) is 91.2 Å². The summed E-state index contributed by atoms with van der Waals surface area (Å²) in [6.07, 6.45) is 1.62. The van der Waals surface area contributed by atoms with E-state index in [-0.39, 0.29) is 23.0 Å². The number of fused-ring (bicyclic) bond motifs is 1. The van der Waals surface area contributed by atoms with Crippen molar-refractivity contribution in [3.05, 3.63) is 114 Å². The molecule has 42 heavy (non-hydrogen) atoms. The van der Waals surface area contributed by atoms with Gasteiger partial charge in [0.2, 0.25) is 0 Å². The van der Waals surface area contributed by atoms with Crippen LogP contribution in [0, 0.1) is 6.92 Å². The maximum atomic E-state index is 13.9. The summed E-state index contributed by atoms with van der Waals surface area (Å²) in [6, 6.07) is 18.2. The van der Waals surface area contributed by atoms with Crippen molar-refractivity contribution in [1.82, 2.24) is 4.57 Å². The van der Waals surface area contributed by atoms with Crippen molar-refractivity contribution in [3.63, 3.8) is 0 Å². The highest BCUT2D eigenvalue weighted by atomic mass is 32.1. The van der Waals surface area contributed by atoms with Crippen molar-refractivity contribution in [2.45, 2.75) is 26.5 Å². The van der Waals surface area contributed by atoms with Gasteiger partial charge in [-0.3, -0.25) is 14.2 Å². The monoisotopic (exact) mass is 591 g/mol. The number of ether oxygens (including phenoxy) is 3. The van der Waals surface area contributed by atoms with Crippen LogP contribution in [0.25, 0.3) is 6.08 Å². The SMILES string of the molecule is COc1ccc([C@@H]2C(C(=O)Nc3ccccc3C)=C(C)N=c3s/c(=C/c4ccc(OC(F)F)c(OC)c4)c(=O)n32)cc1. The number of anilines is 1. The highest BCUT2D eigenvalue weighted by Gasteiger charge is 2.32. The molecule has 0 saturated heterocycles. The molecule has 0 unspecified atom stereocenters. The molecule has 0 spiro atoms. The molecule has 0 radical (unpaired) electrons. The lowest BCUT2D eigenvalue weighted by Gasteiger charge is -2.25. The van der Waals surface area contributed by atoms with Crippen LogP contribution in [-0.2, 0) is 4.79 Å². The minimum atomic E-state index is -3.01. The minimum absolute atomic E-state index is 0.0962. The lowest BCUT2D eigenvalue weighted by atomic mass is 9.95. The van der Waals surface area contributed by atoms with Gasteiger partial charge in [-0.2, -0.15) is 8.78 Å². The fraction of sp³-hybridized carbons (Fsp3) is 0.194. The highest BCUT2D eigenvalue weighted by molar-refractivity contribution is 7.07. The summed E-state index contributed by atoms with van der Waals surface area (Å²) in [4.78, 5) is 32.8. The number of carbonyl (C=O) groups excluding carboxylic acids is 1. The van der Waals surface area contributed by atoms with Crippen LogP contribution >= 0.6 is 11.3 Å². The van der Waals surface area contributed by atoms with Gasteiger partial charge in [-0.05, 0) is 66.9 Å². The molecule has 4 aromatic rings. The number of carbonyl (C=O) groups is 1. The number of hydrogen-bond acceptors (Lipinski definition) is 7. The third kappa shape index (κ3) is 5.68. The Morgan fingerprint density at radius 1 is 1.02 bits per heavy atom. The summed E-state index contributed by atoms with van der Waals surface area (Å²) in [5, 5.41) is 2.98. The average Bonchev–Trinajstić information content (AvgIpc) is 3.27. The van der Waals surface area contributed by atoms with Crippen LogP contribution in [0.15, 0.2) is 87.8 Å². The second-order valence-electron chi connectivity index (χ2n) is 9.41. The Balaban J connectivity index is 1.63. The Hall–Kier alpha value is -4.77. The number of nitrogens with zero attached hydrogens (tertiary/aromatic N) is 2. The summed E-state index contributed by atoms with van der Waals surface area (Å²) in [6.45, 7) is 0.632. The number of para-hydroxylation sites is 1. The maximum Gasteiger partial charge on any atom is 0.387 e. The van der Waals surface area contributed by atoms with E-state index in [1.807, 2.05) is 43.3 Å². The van der Waals surface area contributed by atoms with Gasteiger partial charge in [0.1, 0.15) is 5.75 Å². The van der Waals surface area contributed by atoms with Gasteiger partial charge < -0.3 is 19.5 Å². The average molecular weight is 592 g/mol. The summed E-state index contributed by atoms with van der Waals surface area (Å²) in [5.41, 5.74) is 3.23. The van der Waals surface area contributed by atoms with E-state index in [1.54, 1.807) is 38.3 Å². The maximum absolute atomic E-state index is 13.9. The summed E-state index contributed by atoms with van der Waals surface area (Å²) in [7, 11) is 2.90. The largest absolute Gasteiger partial charge is 0.497 e. The molecule has 1 atom stereocenters. The molecule has 0 fully saturated rings. The van der Waals surface area contributed by atoms with E-state index in [4.69, 9.17) is 9.47 Å². The molecular formula is C31H27F2N3O5S. The molecule has 5 rings (SSSR count). The van der Waals surface area contributed by atoms with Crippen molar-refractivity contribution in [3.8, 4) is 17.2 Å². The van der Waals surface area contributed by atoms with E-state index < -0.39 is 12.7 Å². The molecule has 0 bridgehead atoms. The Labute approximate surface area is 243 Å². The fourth-order valence-electron chi connectivity index (χ4n) is 4.73. The molecule has 1 amide bonds. The molecule has 216 valence electrons. The number of nitrogens with one attached hydrogen (secondary N) is 1. The first-order chi connectivity index (χ1) is 20.2. The summed E-state index contributed by atoms with van der Waals surface area (Å²) in [5.74, 6) is 0.232. The van der Waals surface area contributed by atoms with Crippen LogP contribution in [0.1, 0.15) is 29.7 Å². The number of amides is 1. The van der Waals surface area contributed by atoms with E-state index in [0.29, 0.717) is 43.2 Å². The number of aromatic nitrogens is 1. The van der Waals surface area contributed by atoms with E-state index >= 15 is 0 Å². The number of hydrogen-bond donors (Lipinski definition) is 1. The Kier molecular flexibility index (Phi) is 8.21. The Morgan fingerprint density at radius 2 is 1.76 bits per heavy atom. The molecule has 0 aliphatic carbocycles. The lowest BCUT2D eigenvalue weighted by molar-refractivity contribution is -0.113. The minimum Gasteiger partial charge on any atom is -0.497 e. The highest BCUT2D eigenvalue weighted by Crippen LogP contribution is 2.32. The van der Waals surface area contributed by atoms with Gasteiger partial charge in [-0.1, -0.05) is 47.7 Å². The van der Waals surface area contributed by atoms with Gasteiger partial charge >= 0.3 is 6.61 Å². The predicted octanol–water partition coefficient (Wildman–Crippen LogP) is 4.80. The Bertz CT molecular complexity index is 1860. The van der Waals surface area contributed by atoms with Crippen molar-refractivity contribution in [2.75, 3.05) is 19.5 Å². The molecular weight excluding hydrogens is 564 g/mol. The normalized spacial score (nSPS) is 14.8. The van der Waals surface area contributed by atoms with Crippen LogP contribution in [0.4, 0.5) is 14.5 Å². The van der Waals surface area contributed by atoms with E-state index in [0.717, 1.165) is 16.9 Å². The van der Waals surface area contributed by atoms with Crippen molar-refractivity contribution >= 4 is 29.0 Å². The quantitative estimate of drug-likeness (QED) is 0.318. The third-order valence-corrected chi connectivity index (χ3v) is 7.78. The van der Waals surface area contributed by atoms with Crippen LogP contribution in [0.3, 0.4) is 0 Å². The molecule has 11 heteroatoms. The number of halogens is 2. The Morgan fingerprint density at radius 3 is 2.43 bits per heavy atom. The number of rotatable bonds is 8. The zero-order chi connectivity index (χ0) is 30.0. The standard InChI is InChI=1S/C31H27F2N3O5S/c1-17-7-5-6-8-22(17)35-28(37)26-18(2)34-31-36(27(26)20-10-12-21(39-3)13-11-20)29(38)25(42-31)16-19-9-14-23(41-30(32)33)24(15-19)40-4/h5-16,27,30H,1-4H3,(H,35,37)/b25-16+/t27-/m1/s1. The van der Waals surface area contributed by atoms with Crippen LogP contribution < -0.4 is 34.4 Å². The fourth-order valence-corrected chi connectivity index (χ4v) is 5.78.